The van der Waals surface area contributed by atoms with E-state index in [1.165, 1.54) is 6.20 Å². The number of nitrogens with zero attached hydrogens (tertiary/aromatic N) is 3. The maximum Gasteiger partial charge on any atom is 0.424 e. The molecule has 1 aromatic carbocycles. The van der Waals surface area contributed by atoms with Crippen molar-refractivity contribution in [3.8, 4) is 23.7 Å². The molecule has 0 aliphatic heterocycles. The van der Waals surface area contributed by atoms with Gasteiger partial charge >= 0.3 is 11.4 Å². The second-order valence-corrected chi connectivity index (χ2v) is 4.24. The number of rotatable bonds is 2. The molecule has 6 heteroatoms. The Hall–Kier alpha value is -3.20. The van der Waals surface area contributed by atoms with Crippen molar-refractivity contribution in [2.24, 2.45) is 0 Å². The van der Waals surface area contributed by atoms with Crippen molar-refractivity contribution in [3.05, 3.63) is 57.5 Å². The highest BCUT2D eigenvalue weighted by Gasteiger charge is 2.12. The number of aromatic nitrogens is 3. The molecule has 6 nitrogen and oxygen atoms in total. The van der Waals surface area contributed by atoms with Crippen molar-refractivity contribution >= 4 is 11.0 Å². The molecule has 0 fully saturated rings. The molecule has 2 heterocycles. The zero-order chi connectivity index (χ0) is 14.8. The number of hydrogen-bond donors (Lipinski definition) is 0. The van der Waals surface area contributed by atoms with Gasteiger partial charge in [0, 0.05) is 11.8 Å². The molecule has 3 aromatic rings. The van der Waals surface area contributed by atoms with Crippen LogP contribution in [0.2, 0.25) is 0 Å². The number of hydrogen-bond acceptors (Lipinski definition) is 5. The van der Waals surface area contributed by atoms with E-state index in [0.717, 1.165) is 10.1 Å². The second-order valence-electron chi connectivity index (χ2n) is 4.24. The van der Waals surface area contributed by atoms with E-state index in [1.54, 1.807) is 0 Å². The van der Waals surface area contributed by atoms with Crippen LogP contribution in [0, 0.1) is 12.3 Å². The van der Waals surface area contributed by atoms with Crippen LogP contribution in [0.4, 0.5) is 0 Å². The molecule has 0 bridgehead atoms. The quantitative estimate of drug-likeness (QED) is 0.655. The van der Waals surface area contributed by atoms with E-state index in [-0.39, 0.29) is 17.6 Å². The van der Waals surface area contributed by atoms with Crippen molar-refractivity contribution < 1.29 is 4.42 Å². The topological polar surface area (TPSA) is 78.0 Å². The Labute approximate surface area is 118 Å². The first-order valence-electron chi connectivity index (χ1n) is 6.10. The zero-order valence-electron chi connectivity index (χ0n) is 10.8. The van der Waals surface area contributed by atoms with Crippen molar-refractivity contribution in [2.45, 2.75) is 6.54 Å². The van der Waals surface area contributed by atoms with Crippen LogP contribution in [0.3, 0.4) is 0 Å². The Morgan fingerprint density at radius 3 is 2.71 bits per heavy atom. The fourth-order valence-electron chi connectivity index (χ4n) is 1.96. The van der Waals surface area contributed by atoms with Crippen molar-refractivity contribution in [1.82, 2.24) is 14.5 Å². The van der Waals surface area contributed by atoms with Crippen LogP contribution >= 0.6 is 0 Å². The van der Waals surface area contributed by atoms with Gasteiger partial charge in [-0.05, 0) is 0 Å². The summed E-state index contributed by atoms with van der Waals surface area (Å²) in [4.78, 5) is 31.8. The van der Waals surface area contributed by atoms with E-state index in [0.29, 0.717) is 5.82 Å². The molecule has 0 aliphatic carbocycles. The summed E-state index contributed by atoms with van der Waals surface area (Å²) in [5.41, 5.74) is 0.165. The van der Waals surface area contributed by atoms with Gasteiger partial charge in [-0.3, -0.25) is 0 Å². The maximum absolute atomic E-state index is 11.7. The van der Waals surface area contributed by atoms with E-state index >= 15 is 0 Å². The van der Waals surface area contributed by atoms with Gasteiger partial charge in [0.1, 0.15) is 5.39 Å². The van der Waals surface area contributed by atoms with Crippen LogP contribution in [0.15, 0.2) is 50.5 Å². The van der Waals surface area contributed by atoms with Gasteiger partial charge in [-0.25, -0.2) is 24.1 Å². The van der Waals surface area contributed by atoms with E-state index in [1.807, 2.05) is 30.3 Å². The van der Waals surface area contributed by atoms with Gasteiger partial charge < -0.3 is 4.42 Å². The molecule has 102 valence electrons. The van der Waals surface area contributed by atoms with Gasteiger partial charge in [-0.2, -0.15) is 0 Å². The Morgan fingerprint density at radius 1 is 1.24 bits per heavy atom. The molecule has 0 aliphatic rings. The summed E-state index contributed by atoms with van der Waals surface area (Å²) in [6.45, 7) is -0.0373. The number of fused-ring (bicyclic) bond motifs is 1. The smallest absolute Gasteiger partial charge is 0.372 e. The van der Waals surface area contributed by atoms with E-state index in [2.05, 4.69) is 20.3 Å². The van der Waals surface area contributed by atoms with E-state index in [4.69, 9.17) is 6.42 Å². The summed E-state index contributed by atoms with van der Waals surface area (Å²) in [7, 11) is 0. The summed E-state index contributed by atoms with van der Waals surface area (Å²) in [5, 5.41) is 0.115. The lowest BCUT2D eigenvalue weighted by Crippen LogP contribution is -2.25. The van der Waals surface area contributed by atoms with Gasteiger partial charge in [0.25, 0.3) is 0 Å². The predicted molar refractivity (Wildman–Crippen MR) is 76.6 cm³/mol. The van der Waals surface area contributed by atoms with Crippen LogP contribution < -0.4 is 11.4 Å². The Kier molecular flexibility index (Phi) is 3.09. The highest BCUT2D eigenvalue weighted by atomic mass is 16.4. The molecule has 0 amide bonds. The molecule has 3 rings (SSSR count). The normalized spacial score (nSPS) is 10.4. The largest absolute Gasteiger partial charge is 0.424 e. The molecule has 0 saturated carbocycles. The molecule has 0 spiro atoms. The minimum atomic E-state index is -0.830. The van der Waals surface area contributed by atoms with Gasteiger partial charge in [0.15, 0.2) is 11.5 Å². The molecule has 0 atom stereocenters. The van der Waals surface area contributed by atoms with Crippen LogP contribution in [0.25, 0.3) is 22.4 Å². The highest BCUT2D eigenvalue weighted by Crippen LogP contribution is 2.15. The van der Waals surface area contributed by atoms with E-state index in [9.17, 15) is 9.59 Å². The van der Waals surface area contributed by atoms with Gasteiger partial charge in [0.05, 0.1) is 6.54 Å². The molecule has 2 aromatic heterocycles. The van der Waals surface area contributed by atoms with Crippen LogP contribution in [0.5, 0.6) is 0 Å². The second kappa shape index (κ2) is 5.06. The third kappa shape index (κ3) is 2.21. The number of terminal acetylenes is 1. The predicted octanol–water partition coefficient (Wildman–Crippen LogP) is 1.04. The Morgan fingerprint density at radius 2 is 2.00 bits per heavy atom. The third-order valence-corrected chi connectivity index (χ3v) is 2.93. The SMILES string of the molecule is C#CCn1c(=O)oc(=O)c2cnc(-c3ccccc3)nc21. The standard InChI is InChI=1S/C15H9N3O3/c1-2-8-18-13-11(14(19)21-15(18)20)9-16-12(17-13)10-6-4-3-5-7-10/h1,3-7,9H,8H2. The first-order chi connectivity index (χ1) is 10.2. The summed E-state index contributed by atoms with van der Waals surface area (Å²) in [6, 6.07) is 9.22. The number of benzene rings is 1. The van der Waals surface area contributed by atoms with Gasteiger partial charge in [0.2, 0.25) is 0 Å². The first-order valence-corrected chi connectivity index (χ1v) is 6.10. The lowest BCUT2D eigenvalue weighted by atomic mass is 10.2. The molecular formula is C15H9N3O3. The van der Waals surface area contributed by atoms with E-state index < -0.39 is 11.4 Å². The first kappa shape index (κ1) is 12.8. The van der Waals surface area contributed by atoms with Gasteiger partial charge in [-0.15, -0.1) is 6.42 Å². The molecule has 0 saturated heterocycles. The van der Waals surface area contributed by atoms with Crippen molar-refractivity contribution in [3.63, 3.8) is 0 Å². The Bertz CT molecular complexity index is 965. The molecular weight excluding hydrogens is 270 g/mol. The summed E-state index contributed by atoms with van der Waals surface area (Å²) in [5.74, 6) is 1.91. The maximum atomic E-state index is 11.7. The molecule has 0 N–H and O–H groups in total. The van der Waals surface area contributed by atoms with Crippen molar-refractivity contribution in [1.29, 1.82) is 0 Å². The highest BCUT2D eigenvalue weighted by molar-refractivity contribution is 5.74. The molecule has 0 unspecified atom stereocenters. The summed E-state index contributed by atoms with van der Waals surface area (Å²) >= 11 is 0. The summed E-state index contributed by atoms with van der Waals surface area (Å²) < 4.78 is 5.73. The monoisotopic (exact) mass is 279 g/mol. The minimum absolute atomic E-state index is 0.0373. The average molecular weight is 279 g/mol. The molecule has 21 heavy (non-hydrogen) atoms. The molecule has 0 radical (unpaired) electrons. The zero-order valence-corrected chi connectivity index (χ0v) is 10.8. The van der Waals surface area contributed by atoms with Crippen molar-refractivity contribution in [2.75, 3.05) is 0 Å². The lowest BCUT2D eigenvalue weighted by Gasteiger charge is -2.05. The Balaban J connectivity index is 2.35. The van der Waals surface area contributed by atoms with Crippen LogP contribution in [0.1, 0.15) is 0 Å². The fourth-order valence-corrected chi connectivity index (χ4v) is 1.96. The summed E-state index contributed by atoms with van der Waals surface area (Å²) in [6.07, 6.45) is 6.57. The van der Waals surface area contributed by atoms with Crippen LogP contribution in [-0.2, 0) is 6.54 Å². The minimum Gasteiger partial charge on any atom is -0.372 e. The lowest BCUT2D eigenvalue weighted by molar-refractivity contribution is 0.426. The van der Waals surface area contributed by atoms with Gasteiger partial charge in [-0.1, -0.05) is 36.3 Å². The van der Waals surface area contributed by atoms with Crippen LogP contribution in [-0.4, -0.2) is 14.5 Å². The third-order valence-electron chi connectivity index (χ3n) is 2.93. The fraction of sp³-hybridized carbons (Fsp3) is 0.0667. The average Bonchev–Trinajstić information content (AvgIpc) is 2.52.